The highest BCUT2D eigenvalue weighted by Crippen LogP contribution is 2.67. The van der Waals surface area contributed by atoms with E-state index in [0.29, 0.717) is 35.5 Å². The van der Waals surface area contributed by atoms with Gasteiger partial charge in [-0.3, -0.25) is 14.4 Å². The Labute approximate surface area is 182 Å². The third-order valence-electron chi connectivity index (χ3n) is 7.39. The van der Waals surface area contributed by atoms with Gasteiger partial charge in [-0.05, 0) is 35.6 Å². The van der Waals surface area contributed by atoms with Crippen molar-refractivity contribution in [2.24, 2.45) is 16.7 Å². The first-order chi connectivity index (χ1) is 14.5. The molecule has 0 radical (unpaired) electrons. The Kier molecular flexibility index (Phi) is 5.25. The van der Waals surface area contributed by atoms with Crippen LogP contribution in [0.2, 0.25) is 0 Å². The molecule has 2 aromatic carbocycles. The van der Waals surface area contributed by atoms with Gasteiger partial charge in [0.05, 0.1) is 11.3 Å². The van der Waals surface area contributed by atoms with Crippen LogP contribution < -0.4 is 0 Å². The molecule has 2 aliphatic rings. The minimum Gasteiger partial charge on any atom is -0.307 e. The number of Topliss-reactive ketones (excluding diaryl/α,β-unsaturated/α-hetero) is 1. The van der Waals surface area contributed by atoms with Crippen molar-refractivity contribution in [1.82, 2.24) is 5.06 Å². The Bertz CT molecular complexity index is 1080. The van der Waals surface area contributed by atoms with E-state index < -0.39 is 22.2 Å². The van der Waals surface area contributed by atoms with Crippen LogP contribution in [0, 0.1) is 16.7 Å². The standard InChI is InChI=1S/C23H27NO6S/c1-22(2)17-10-11-23(22,19(26)12-17)14-31(28,29)30-24(3)21(27)18-9-5-7-15-6-4-8-16(13-25)20(15)18/h4-9,13,17,28-29H,10-12,14H2,1-3H3. The van der Waals surface area contributed by atoms with Gasteiger partial charge in [-0.25, -0.2) is 5.06 Å². The Morgan fingerprint density at radius 1 is 1.26 bits per heavy atom. The first-order valence-electron chi connectivity index (χ1n) is 10.3. The largest absolute Gasteiger partial charge is 0.307 e. The van der Waals surface area contributed by atoms with Crippen molar-refractivity contribution in [2.75, 3.05) is 12.8 Å². The zero-order valence-electron chi connectivity index (χ0n) is 17.8. The lowest BCUT2D eigenvalue weighted by atomic mass is 9.70. The Morgan fingerprint density at radius 3 is 2.52 bits per heavy atom. The van der Waals surface area contributed by atoms with Crippen LogP contribution in [0.5, 0.6) is 0 Å². The topological polar surface area (TPSA) is 104 Å². The van der Waals surface area contributed by atoms with E-state index in [1.807, 2.05) is 13.8 Å². The maximum atomic E-state index is 13.1. The second-order valence-corrected chi connectivity index (χ2v) is 10.8. The number of benzene rings is 2. The van der Waals surface area contributed by atoms with Crippen molar-refractivity contribution in [1.29, 1.82) is 0 Å². The zero-order valence-corrected chi connectivity index (χ0v) is 18.6. The number of fused-ring (bicyclic) bond motifs is 3. The van der Waals surface area contributed by atoms with Crippen molar-refractivity contribution in [3.05, 3.63) is 47.5 Å². The molecule has 2 unspecified atom stereocenters. The summed E-state index contributed by atoms with van der Waals surface area (Å²) in [5, 5.41) is 1.98. The number of nitrogens with zero attached hydrogens (tertiary/aromatic N) is 1. The van der Waals surface area contributed by atoms with E-state index in [9.17, 15) is 23.5 Å². The van der Waals surface area contributed by atoms with Crippen molar-refractivity contribution in [3.8, 4) is 0 Å². The number of carbonyl (C=O) groups excluding carboxylic acids is 3. The first-order valence-corrected chi connectivity index (χ1v) is 11.9. The lowest BCUT2D eigenvalue weighted by Gasteiger charge is -2.42. The van der Waals surface area contributed by atoms with Crippen molar-refractivity contribution >= 4 is 39.6 Å². The molecule has 0 saturated heterocycles. The predicted molar refractivity (Wildman–Crippen MR) is 119 cm³/mol. The number of carbonyl (C=O) groups is 3. The first kappa shape index (κ1) is 22.0. The number of amides is 1. The highest BCUT2D eigenvalue weighted by Gasteiger charge is 2.65. The summed E-state index contributed by atoms with van der Waals surface area (Å²) in [6.07, 6.45) is 2.58. The van der Waals surface area contributed by atoms with Gasteiger partial charge in [-0.2, -0.15) is 4.28 Å². The van der Waals surface area contributed by atoms with E-state index in [2.05, 4.69) is 0 Å². The van der Waals surface area contributed by atoms with E-state index in [1.54, 1.807) is 36.4 Å². The summed E-state index contributed by atoms with van der Waals surface area (Å²) in [6, 6.07) is 10.2. The average molecular weight is 446 g/mol. The van der Waals surface area contributed by atoms with E-state index >= 15 is 0 Å². The van der Waals surface area contributed by atoms with Gasteiger partial charge < -0.3 is 9.11 Å². The third-order valence-corrected chi connectivity index (χ3v) is 8.72. The summed E-state index contributed by atoms with van der Waals surface area (Å²) in [7, 11) is -2.42. The van der Waals surface area contributed by atoms with Gasteiger partial charge in [0.2, 0.25) is 0 Å². The Morgan fingerprint density at radius 2 is 1.94 bits per heavy atom. The maximum absolute atomic E-state index is 13.1. The molecule has 2 atom stereocenters. The molecule has 2 aliphatic carbocycles. The molecular formula is C23H27NO6S. The molecule has 31 heavy (non-hydrogen) atoms. The number of aldehydes is 1. The molecule has 2 fully saturated rings. The molecule has 0 heterocycles. The van der Waals surface area contributed by atoms with E-state index in [-0.39, 0.29) is 28.4 Å². The van der Waals surface area contributed by atoms with Gasteiger partial charge in [0.1, 0.15) is 16.7 Å². The maximum Gasteiger partial charge on any atom is 0.278 e. The molecule has 1 amide bonds. The fraction of sp³-hybridized carbons (Fsp3) is 0.435. The molecule has 7 nitrogen and oxygen atoms in total. The quantitative estimate of drug-likeness (QED) is 0.493. The Hall–Kier alpha value is -2.26. The molecule has 2 N–H and O–H groups in total. The van der Waals surface area contributed by atoms with Crippen LogP contribution in [0.15, 0.2) is 36.4 Å². The van der Waals surface area contributed by atoms with Gasteiger partial charge in [0.15, 0.2) is 6.29 Å². The fourth-order valence-electron chi connectivity index (χ4n) is 5.48. The van der Waals surface area contributed by atoms with Crippen molar-refractivity contribution in [2.45, 2.75) is 33.1 Å². The minimum atomic E-state index is -3.72. The van der Waals surface area contributed by atoms with Gasteiger partial charge in [-0.15, -0.1) is 0 Å². The second kappa shape index (κ2) is 7.41. The summed E-state index contributed by atoms with van der Waals surface area (Å²) in [6.45, 7) is 3.99. The van der Waals surface area contributed by atoms with Gasteiger partial charge in [0, 0.05) is 29.8 Å². The SMILES string of the molecule is CN(OS(O)(O)CC12CCC(CC1=O)C2(C)C)C(=O)c1cccc2cccc(C=O)c12. The number of hydrogen-bond donors (Lipinski definition) is 2. The number of rotatable bonds is 6. The predicted octanol–water partition coefficient (Wildman–Crippen LogP) is 4.72. The molecular weight excluding hydrogens is 418 g/mol. The smallest absolute Gasteiger partial charge is 0.278 e. The number of hydroxylamine groups is 2. The molecule has 0 aromatic heterocycles. The van der Waals surface area contributed by atoms with Gasteiger partial charge in [-0.1, -0.05) is 44.2 Å². The highest BCUT2D eigenvalue weighted by molar-refractivity contribution is 8.20. The van der Waals surface area contributed by atoms with Crippen LogP contribution in [0.1, 0.15) is 53.8 Å². The van der Waals surface area contributed by atoms with Crippen LogP contribution in [-0.2, 0) is 9.08 Å². The van der Waals surface area contributed by atoms with Gasteiger partial charge in [0.25, 0.3) is 5.91 Å². The average Bonchev–Trinajstić information content (AvgIpc) is 3.05. The molecule has 166 valence electrons. The van der Waals surface area contributed by atoms with Gasteiger partial charge >= 0.3 is 0 Å². The third kappa shape index (κ3) is 3.38. The van der Waals surface area contributed by atoms with Crippen LogP contribution in [0.25, 0.3) is 10.8 Å². The molecule has 2 saturated carbocycles. The summed E-state index contributed by atoms with van der Waals surface area (Å²) >= 11 is 0. The molecule has 2 bridgehead atoms. The summed E-state index contributed by atoms with van der Waals surface area (Å²) in [5.41, 5.74) is -0.636. The molecule has 0 spiro atoms. The van der Waals surface area contributed by atoms with Crippen LogP contribution in [0.4, 0.5) is 0 Å². The molecule has 0 aliphatic heterocycles. The summed E-state index contributed by atoms with van der Waals surface area (Å²) in [4.78, 5) is 37.3. The van der Waals surface area contributed by atoms with E-state index in [4.69, 9.17) is 4.28 Å². The zero-order chi connectivity index (χ0) is 22.6. The molecule has 2 aromatic rings. The number of hydrogen-bond acceptors (Lipinski definition) is 6. The lowest BCUT2D eigenvalue weighted by molar-refractivity contribution is -0.128. The van der Waals surface area contributed by atoms with Crippen LogP contribution >= 0.6 is 10.9 Å². The number of ketones is 1. The monoisotopic (exact) mass is 445 g/mol. The van der Waals surface area contributed by atoms with E-state index in [0.717, 1.165) is 11.5 Å². The highest BCUT2D eigenvalue weighted by atomic mass is 32.3. The van der Waals surface area contributed by atoms with Crippen LogP contribution in [0.3, 0.4) is 0 Å². The lowest BCUT2D eigenvalue weighted by Crippen LogP contribution is -2.42. The Balaban J connectivity index is 1.59. The summed E-state index contributed by atoms with van der Waals surface area (Å²) in [5.74, 6) is -0.573. The molecule has 4 rings (SSSR count). The fourth-order valence-corrected chi connectivity index (χ4v) is 7.28. The van der Waals surface area contributed by atoms with Crippen molar-refractivity contribution < 1.29 is 27.8 Å². The molecule has 8 heteroatoms. The van der Waals surface area contributed by atoms with Crippen LogP contribution in [-0.4, -0.2) is 44.9 Å². The van der Waals surface area contributed by atoms with Crippen molar-refractivity contribution in [3.63, 3.8) is 0 Å². The second-order valence-electron chi connectivity index (χ2n) is 9.16. The minimum absolute atomic E-state index is 0.0379. The van der Waals surface area contributed by atoms with E-state index in [1.165, 1.54) is 7.05 Å². The normalized spacial score (nSPS) is 25.1. The summed E-state index contributed by atoms with van der Waals surface area (Å²) < 4.78 is 26.8.